The third-order valence-corrected chi connectivity index (χ3v) is 5.35. The molecule has 1 N–H and O–H groups in total. The molecule has 0 unspecified atom stereocenters. The minimum Gasteiger partial charge on any atom is -0.493 e. The van der Waals surface area contributed by atoms with Crippen LogP contribution in [-0.4, -0.2) is 43.1 Å². The van der Waals surface area contributed by atoms with Crippen LogP contribution in [0.1, 0.15) is 17.5 Å². The summed E-state index contributed by atoms with van der Waals surface area (Å²) >= 11 is 0. The molecule has 0 spiro atoms. The topological polar surface area (TPSA) is 54.6 Å². The lowest BCUT2D eigenvalue weighted by molar-refractivity contribution is -0.130. The maximum absolute atomic E-state index is 13.4. The van der Waals surface area contributed by atoms with Crippen molar-refractivity contribution in [1.29, 1.82) is 0 Å². The molecule has 1 aliphatic rings. The van der Waals surface area contributed by atoms with E-state index in [4.69, 9.17) is 9.47 Å². The number of methoxy groups -OCH3 is 2. The normalized spacial score (nSPS) is 14.0. The molecule has 1 aliphatic heterocycles. The first-order valence-electron chi connectivity index (χ1n) is 9.53. The second-order valence-electron chi connectivity index (χ2n) is 7.08. The highest BCUT2D eigenvalue weighted by Crippen LogP contribution is 2.30. The van der Waals surface area contributed by atoms with E-state index in [1.54, 1.807) is 20.3 Å². The number of aromatic nitrogens is 1. The molecule has 0 saturated heterocycles. The molecule has 0 bridgehead atoms. The standard InChI is InChI=1S/C23H23FN2O3/c1-28-21-6-3-15(11-22(21)29-2)12-23(27)26-9-7-16(8-10-26)19-14-25-20-13-17(24)4-5-18(19)20/h3-7,11,13-14,25H,8-10,12H2,1-2H3. The molecule has 6 heteroatoms. The number of ether oxygens (including phenoxy) is 2. The number of hydrogen-bond acceptors (Lipinski definition) is 3. The summed E-state index contributed by atoms with van der Waals surface area (Å²) in [5.41, 5.74) is 3.93. The summed E-state index contributed by atoms with van der Waals surface area (Å²) in [6.07, 6.45) is 5.08. The second kappa shape index (κ2) is 7.99. The molecule has 1 aromatic heterocycles. The zero-order chi connectivity index (χ0) is 20.4. The van der Waals surface area contributed by atoms with E-state index in [0.29, 0.717) is 31.0 Å². The molecule has 4 rings (SSSR count). The zero-order valence-corrected chi connectivity index (χ0v) is 16.5. The van der Waals surface area contributed by atoms with Gasteiger partial charge in [0.05, 0.1) is 20.6 Å². The smallest absolute Gasteiger partial charge is 0.227 e. The van der Waals surface area contributed by atoms with E-state index in [-0.39, 0.29) is 11.7 Å². The fraction of sp³-hybridized carbons (Fsp3) is 0.261. The first-order valence-corrected chi connectivity index (χ1v) is 9.53. The van der Waals surface area contributed by atoms with Gasteiger partial charge in [-0.25, -0.2) is 4.39 Å². The third-order valence-electron chi connectivity index (χ3n) is 5.35. The van der Waals surface area contributed by atoms with Gasteiger partial charge < -0.3 is 19.4 Å². The number of H-pyrrole nitrogens is 1. The molecule has 0 aliphatic carbocycles. The highest BCUT2D eigenvalue weighted by atomic mass is 19.1. The minimum atomic E-state index is -0.254. The van der Waals surface area contributed by atoms with Gasteiger partial charge in [-0.3, -0.25) is 4.79 Å². The van der Waals surface area contributed by atoms with Crippen LogP contribution in [0.2, 0.25) is 0 Å². The highest BCUT2D eigenvalue weighted by Gasteiger charge is 2.20. The number of carbonyl (C=O) groups is 1. The summed E-state index contributed by atoms with van der Waals surface area (Å²) in [5, 5.41) is 1.00. The fourth-order valence-electron chi connectivity index (χ4n) is 3.78. The van der Waals surface area contributed by atoms with Crippen molar-refractivity contribution in [2.45, 2.75) is 12.8 Å². The number of fused-ring (bicyclic) bond motifs is 1. The summed E-state index contributed by atoms with van der Waals surface area (Å²) in [7, 11) is 3.17. The monoisotopic (exact) mass is 394 g/mol. The number of carbonyl (C=O) groups excluding carboxylic acids is 1. The number of halogens is 1. The van der Waals surface area contributed by atoms with Gasteiger partial charge in [0, 0.05) is 35.8 Å². The summed E-state index contributed by atoms with van der Waals surface area (Å²) in [4.78, 5) is 17.7. The van der Waals surface area contributed by atoms with Crippen molar-refractivity contribution in [3.8, 4) is 11.5 Å². The number of hydrogen-bond donors (Lipinski definition) is 1. The maximum atomic E-state index is 13.4. The Balaban J connectivity index is 1.45. The summed E-state index contributed by atoms with van der Waals surface area (Å²) in [6, 6.07) is 10.3. The number of nitrogens with zero attached hydrogens (tertiary/aromatic N) is 1. The average Bonchev–Trinajstić information content (AvgIpc) is 3.16. The number of amides is 1. The zero-order valence-electron chi connectivity index (χ0n) is 16.5. The van der Waals surface area contributed by atoms with Crippen molar-refractivity contribution in [1.82, 2.24) is 9.88 Å². The Labute approximate surface area is 168 Å². The molecular weight excluding hydrogens is 371 g/mol. The van der Waals surface area contributed by atoms with Gasteiger partial charge in [0.25, 0.3) is 0 Å². The predicted octanol–water partition coefficient (Wildman–Crippen LogP) is 4.18. The van der Waals surface area contributed by atoms with Crippen LogP contribution in [0.5, 0.6) is 11.5 Å². The van der Waals surface area contributed by atoms with Crippen molar-refractivity contribution >= 4 is 22.4 Å². The van der Waals surface area contributed by atoms with Crippen LogP contribution in [0.25, 0.3) is 16.5 Å². The molecule has 0 fully saturated rings. The van der Waals surface area contributed by atoms with Gasteiger partial charge in [-0.15, -0.1) is 0 Å². The lowest BCUT2D eigenvalue weighted by atomic mass is 9.98. The number of rotatable bonds is 5. The molecule has 2 aromatic carbocycles. The number of benzene rings is 2. The van der Waals surface area contributed by atoms with Crippen LogP contribution >= 0.6 is 0 Å². The van der Waals surface area contributed by atoms with E-state index in [0.717, 1.165) is 28.5 Å². The van der Waals surface area contributed by atoms with Crippen molar-refractivity contribution in [3.05, 3.63) is 65.6 Å². The van der Waals surface area contributed by atoms with Crippen LogP contribution in [0.15, 0.2) is 48.7 Å². The lowest BCUT2D eigenvalue weighted by Crippen LogP contribution is -2.35. The van der Waals surface area contributed by atoms with Crippen LogP contribution in [0.4, 0.5) is 4.39 Å². The van der Waals surface area contributed by atoms with Gasteiger partial charge in [-0.2, -0.15) is 0 Å². The first-order chi connectivity index (χ1) is 14.1. The van der Waals surface area contributed by atoms with Crippen molar-refractivity contribution in [3.63, 3.8) is 0 Å². The van der Waals surface area contributed by atoms with Gasteiger partial charge in [-0.1, -0.05) is 12.1 Å². The number of nitrogens with one attached hydrogen (secondary N) is 1. The van der Waals surface area contributed by atoms with E-state index in [2.05, 4.69) is 11.1 Å². The minimum absolute atomic E-state index is 0.0773. The second-order valence-corrected chi connectivity index (χ2v) is 7.08. The Morgan fingerprint density at radius 3 is 2.69 bits per heavy atom. The molecule has 3 aromatic rings. The predicted molar refractivity (Wildman–Crippen MR) is 111 cm³/mol. The van der Waals surface area contributed by atoms with Crippen LogP contribution in [0, 0.1) is 5.82 Å². The van der Waals surface area contributed by atoms with E-state index in [9.17, 15) is 9.18 Å². The fourth-order valence-corrected chi connectivity index (χ4v) is 3.78. The van der Waals surface area contributed by atoms with Crippen molar-refractivity contribution < 1.29 is 18.7 Å². The summed E-state index contributed by atoms with van der Waals surface area (Å²) in [6.45, 7) is 1.22. The van der Waals surface area contributed by atoms with Gasteiger partial charge >= 0.3 is 0 Å². The van der Waals surface area contributed by atoms with Crippen LogP contribution in [-0.2, 0) is 11.2 Å². The lowest BCUT2D eigenvalue weighted by Gasteiger charge is -2.26. The molecule has 0 radical (unpaired) electrons. The average molecular weight is 394 g/mol. The Bertz CT molecular complexity index is 1090. The molecule has 29 heavy (non-hydrogen) atoms. The van der Waals surface area contributed by atoms with Gasteiger partial charge in [0.1, 0.15) is 5.82 Å². The number of aromatic amines is 1. The summed E-state index contributed by atoms with van der Waals surface area (Å²) < 4.78 is 24.0. The third kappa shape index (κ3) is 3.83. The first kappa shape index (κ1) is 19.1. The molecule has 1 amide bonds. The van der Waals surface area contributed by atoms with E-state index >= 15 is 0 Å². The van der Waals surface area contributed by atoms with E-state index in [1.165, 1.54) is 17.7 Å². The van der Waals surface area contributed by atoms with Crippen molar-refractivity contribution in [2.24, 2.45) is 0 Å². The maximum Gasteiger partial charge on any atom is 0.227 e. The van der Waals surface area contributed by atoms with Crippen LogP contribution < -0.4 is 9.47 Å². The van der Waals surface area contributed by atoms with E-state index < -0.39 is 0 Å². The Hall–Kier alpha value is -3.28. The molecule has 5 nitrogen and oxygen atoms in total. The van der Waals surface area contributed by atoms with E-state index in [1.807, 2.05) is 29.3 Å². The van der Waals surface area contributed by atoms with Crippen molar-refractivity contribution in [2.75, 3.05) is 27.3 Å². The SMILES string of the molecule is COc1ccc(CC(=O)N2CC=C(c3c[nH]c4cc(F)ccc34)CC2)cc1OC. The Morgan fingerprint density at radius 1 is 1.14 bits per heavy atom. The van der Waals surface area contributed by atoms with Gasteiger partial charge in [0.15, 0.2) is 11.5 Å². The molecular formula is C23H23FN2O3. The highest BCUT2D eigenvalue weighted by molar-refractivity contribution is 5.93. The Kier molecular flexibility index (Phi) is 5.25. The molecule has 0 atom stereocenters. The summed E-state index contributed by atoms with van der Waals surface area (Å²) in [5.74, 6) is 1.09. The van der Waals surface area contributed by atoms with Gasteiger partial charge in [-0.05, 0) is 47.9 Å². The Morgan fingerprint density at radius 2 is 1.97 bits per heavy atom. The largest absolute Gasteiger partial charge is 0.493 e. The molecule has 0 saturated carbocycles. The van der Waals surface area contributed by atoms with Crippen LogP contribution in [0.3, 0.4) is 0 Å². The van der Waals surface area contributed by atoms with Gasteiger partial charge in [0.2, 0.25) is 5.91 Å². The molecule has 2 heterocycles. The quantitative estimate of drug-likeness (QED) is 0.706. The molecule has 150 valence electrons.